The van der Waals surface area contributed by atoms with Crippen molar-refractivity contribution in [1.29, 1.82) is 0 Å². The van der Waals surface area contributed by atoms with E-state index in [0.29, 0.717) is 12.1 Å². The SMILES string of the molecule is CC(c1ncnn1-c1ncccn1)N(CC1CC1)C(=O)c1cc(OC(F)(F)C(F)F)cc(C(F)(F)F)c1. The number of carbonyl (C=O) groups is 1. The van der Waals surface area contributed by atoms with E-state index < -0.39 is 47.5 Å². The summed E-state index contributed by atoms with van der Waals surface area (Å²) in [6.45, 7) is 1.67. The molecule has 1 saturated carbocycles. The van der Waals surface area contributed by atoms with E-state index in [1.54, 1.807) is 13.0 Å². The molecule has 0 bridgehead atoms. The standard InChI is InChI=1S/C22H19F7N6O2/c1-12(17-32-11-33-35(17)20-30-5-2-6-31-20)34(10-13-3-4-13)18(36)14-7-15(21(25,26)27)9-16(8-14)37-22(28,29)19(23)24/h2,5-9,11-13,19H,3-4,10H2,1H3. The smallest absolute Gasteiger partial charge is 0.428 e. The lowest BCUT2D eigenvalue weighted by molar-refractivity contribution is -0.253. The molecule has 0 radical (unpaired) electrons. The number of benzene rings is 1. The second-order valence-electron chi connectivity index (χ2n) is 8.36. The van der Waals surface area contributed by atoms with Crippen molar-refractivity contribution in [3.63, 3.8) is 0 Å². The van der Waals surface area contributed by atoms with Crippen molar-refractivity contribution in [3.05, 3.63) is 59.9 Å². The molecule has 1 aromatic carbocycles. The van der Waals surface area contributed by atoms with Crippen LogP contribution in [0.3, 0.4) is 0 Å². The highest BCUT2D eigenvalue weighted by molar-refractivity contribution is 5.95. The van der Waals surface area contributed by atoms with Gasteiger partial charge in [-0.2, -0.15) is 40.5 Å². The van der Waals surface area contributed by atoms with Crippen molar-refractivity contribution in [2.24, 2.45) is 5.92 Å². The first-order valence-corrected chi connectivity index (χ1v) is 10.9. The largest absolute Gasteiger partial charge is 0.461 e. The van der Waals surface area contributed by atoms with Gasteiger partial charge in [-0.3, -0.25) is 4.79 Å². The number of ether oxygens (including phenoxy) is 1. The minimum absolute atomic E-state index is 0.0560. The number of aromatic nitrogens is 5. The van der Waals surface area contributed by atoms with Crippen LogP contribution in [0.25, 0.3) is 5.95 Å². The fourth-order valence-corrected chi connectivity index (χ4v) is 3.54. The minimum Gasteiger partial charge on any atom is -0.428 e. The van der Waals surface area contributed by atoms with Gasteiger partial charge in [-0.05, 0) is 49.9 Å². The van der Waals surface area contributed by atoms with Crippen LogP contribution < -0.4 is 4.74 Å². The van der Waals surface area contributed by atoms with Gasteiger partial charge in [0.2, 0.25) is 0 Å². The molecule has 0 spiro atoms. The predicted molar refractivity (Wildman–Crippen MR) is 112 cm³/mol. The molecule has 37 heavy (non-hydrogen) atoms. The molecule has 0 aliphatic heterocycles. The maximum atomic E-state index is 13.5. The number of alkyl halides is 7. The van der Waals surface area contributed by atoms with Gasteiger partial charge in [-0.1, -0.05) is 0 Å². The number of nitrogens with zero attached hydrogens (tertiary/aromatic N) is 6. The van der Waals surface area contributed by atoms with Crippen LogP contribution in [0.1, 0.15) is 47.6 Å². The van der Waals surface area contributed by atoms with Crippen molar-refractivity contribution < 1.29 is 40.3 Å². The van der Waals surface area contributed by atoms with Crippen molar-refractivity contribution in [3.8, 4) is 11.7 Å². The van der Waals surface area contributed by atoms with Gasteiger partial charge in [0.05, 0.1) is 11.6 Å². The molecular weight excluding hydrogens is 513 g/mol. The van der Waals surface area contributed by atoms with Crippen LogP contribution in [-0.4, -0.2) is 54.6 Å². The Morgan fingerprint density at radius 1 is 1.11 bits per heavy atom. The Morgan fingerprint density at radius 2 is 1.78 bits per heavy atom. The van der Waals surface area contributed by atoms with Crippen LogP contribution >= 0.6 is 0 Å². The zero-order valence-electron chi connectivity index (χ0n) is 19.0. The van der Waals surface area contributed by atoms with E-state index in [0.717, 1.165) is 12.8 Å². The number of hydrogen-bond donors (Lipinski definition) is 0. The lowest BCUT2D eigenvalue weighted by atomic mass is 10.1. The molecule has 1 amide bonds. The van der Waals surface area contributed by atoms with Crippen LogP contribution in [0, 0.1) is 5.92 Å². The van der Waals surface area contributed by atoms with Crippen molar-refractivity contribution in [2.45, 2.75) is 44.5 Å². The molecule has 1 aliphatic rings. The zero-order chi connectivity index (χ0) is 27.0. The van der Waals surface area contributed by atoms with Crippen LogP contribution in [0.4, 0.5) is 30.7 Å². The molecule has 1 aliphatic carbocycles. The molecule has 1 unspecified atom stereocenters. The Bertz CT molecular complexity index is 1250. The fraction of sp³-hybridized carbons (Fsp3) is 0.409. The predicted octanol–water partition coefficient (Wildman–Crippen LogP) is 4.93. The molecule has 198 valence electrons. The summed E-state index contributed by atoms with van der Waals surface area (Å²) in [5, 5.41) is 4.05. The Hall–Kier alpha value is -3.78. The summed E-state index contributed by atoms with van der Waals surface area (Å²) >= 11 is 0. The van der Waals surface area contributed by atoms with Gasteiger partial charge in [0, 0.05) is 24.5 Å². The van der Waals surface area contributed by atoms with Crippen molar-refractivity contribution >= 4 is 5.91 Å². The first kappa shape index (κ1) is 26.3. The van der Waals surface area contributed by atoms with Crippen LogP contribution in [0.2, 0.25) is 0 Å². The highest BCUT2D eigenvalue weighted by Crippen LogP contribution is 2.37. The minimum atomic E-state index is -5.08. The van der Waals surface area contributed by atoms with Gasteiger partial charge in [0.15, 0.2) is 5.82 Å². The first-order valence-electron chi connectivity index (χ1n) is 10.9. The summed E-state index contributed by atoms with van der Waals surface area (Å²) in [6.07, 6.45) is -8.84. The highest BCUT2D eigenvalue weighted by atomic mass is 19.4. The van der Waals surface area contributed by atoms with Gasteiger partial charge in [-0.15, -0.1) is 0 Å². The molecule has 2 heterocycles. The summed E-state index contributed by atoms with van der Waals surface area (Å²) < 4.78 is 97.8. The fourth-order valence-electron chi connectivity index (χ4n) is 3.54. The topological polar surface area (TPSA) is 86.0 Å². The number of rotatable bonds is 9. The van der Waals surface area contributed by atoms with E-state index in [1.165, 1.54) is 28.3 Å². The second kappa shape index (κ2) is 9.94. The molecule has 1 atom stereocenters. The van der Waals surface area contributed by atoms with E-state index in [2.05, 4.69) is 24.8 Å². The Labute approximate surface area is 205 Å². The molecular formula is C22H19F7N6O2. The quantitative estimate of drug-likeness (QED) is 0.364. The van der Waals surface area contributed by atoms with E-state index in [1.807, 2.05) is 0 Å². The lowest BCUT2D eigenvalue weighted by Crippen LogP contribution is -2.37. The molecule has 8 nitrogen and oxygen atoms in total. The first-order chi connectivity index (χ1) is 17.4. The van der Waals surface area contributed by atoms with Crippen LogP contribution in [-0.2, 0) is 6.18 Å². The number of amides is 1. The van der Waals surface area contributed by atoms with Crippen LogP contribution in [0.5, 0.6) is 5.75 Å². The Kier molecular flexibility index (Phi) is 7.06. The van der Waals surface area contributed by atoms with Gasteiger partial charge >= 0.3 is 18.7 Å². The van der Waals surface area contributed by atoms with E-state index in [9.17, 15) is 35.5 Å². The zero-order valence-corrected chi connectivity index (χ0v) is 19.0. The summed E-state index contributed by atoms with van der Waals surface area (Å²) in [6, 6.07) is 1.85. The van der Waals surface area contributed by atoms with E-state index in [-0.39, 0.29) is 30.3 Å². The molecule has 0 saturated heterocycles. The lowest BCUT2D eigenvalue weighted by Gasteiger charge is -2.29. The van der Waals surface area contributed by atoms with E-state index >= 15 is 0 Å². The monoisotopic (exact) mass is 532 g/mol. The average Bonchev–Trinajstić information content (AvgIpc) is 3.53. The van der Waals surface area contributed by atoms with Gasteiger partial charge in [0.25, 0.3) is 11.9 Å². The van der Waals surface area contributed by atoms with E-state index in [4.69, 9.17) is 0 Å². The summed E-state index contributed by atoms with van der Waals surface area (Å²) in [5.41, 5.74) is -2.19. The third-order valence-corrected chi connectivity index (χ3v) is 5.56. The highest BCUT2D eigenvalue weighted by Gasteiger charge is 2.45. The summed E-state index contributed by atoms with van der Waals surface area (Å²) in [4.78, 5) is 27.0. The normalized spacial score (nSPS) is 15.1. The number of halogens is 7. The Balaban J connectivity index is 1.73. The van der Waals surface area contributed by atoms with Crippen molar-refractivity contribution in [2.75, 3.05) is 6.54 Å². The summed E-state index contributed by atoms with van der Waals surface area (Å²) in [5.74, 6) is -1.83. The molecule has 3 aromatic rings. The molecule has 2 aromatic heterocycles. The molecule has 4 rings (SSSR count). The third kappa shape index (κ3) is 5.97. The molecule has 1 fully saturated rings. The van der Waals surface area contributed by atoms with Gasteiger partial charge in [-0.25, -0.2) is 15.0 Å². The summed E-state index contributed by atoms with van der Waals surface area (Å²) in [7, 11) is 0. The second-order valence-corrected chi connectivity index (χ2v) is 8.36. The number of hydrogen-bond acceptors (Lipinski definition) is 6. The molecule has 15 heteroatoms. The molecule has 0 N–H and O–H groups in total. The maximum Gasteiger partial charge on any atom is 0.461 e. The van der Waals surface area contributed by atoms with Crippen LogP contribution in [0.15, 0.2) is 43.0 Å². The van der Waals surface area contributed by atoms with Gasteiger partial charge < -0.3 is 9.64 Å². The van der Waals surface area contributed by atoms with Gasteiger partial charge in [0.1, 0.15) is 12.1 Å². The Morgan fingerprint density at radius 3 is 2.38 bits per heavy atom. The maximum absolute atomic E-state index is 13.5. The number of carbonyl (C=O) groups excluding carboxylic acids is 1. The van der Waals surface area contributed by atoms with Crippen molar-refractivity contribution in [1.82, 2.24) is 29.6 Å². The third-order valence-electron chi connectivity index (χ3n) is 5.56. The average molecular weight is 532 g/mol.